The molecule has 0 aliphatic carbocycles. The number of halogens is 1. The summed E-state index contributed by atoms with van der Waals surface area (Å²) in [5.41, 5.74) is -0.0992. The van der Waals surface area contributed by atoms with Crippen LogP contribution in [0.3, 0.4) is 0 Å². The van der Waals surface area contributed by atoms with Crippen LogP contribution in [0.2, 0.25) is 0 Å². The second-order valence-corrected chi connectivity index (χ2v) is 3.28. The van der Waals surface area contributed by atoms with Gasteiger partial charge in [-0.2, -0.15) is 5.21 Å². The fourth-order valence-electron chi connectivity index (χ4n) is 1.31. The van der Waals surface area contributed by atoms with E-state index in [-0.39, 0.29) is 17.9 Å². The molecule has 2 heterocycles. The highest BCUT2D eigenvalue weighted by Gasteiger charge is 2.15. The Morgan fingerprint density at radius 2 is 2.39 bits per heavy atom. The van der Waals surface area contributed by atoms with Crippen LogP contribution < -0.4 is 10.6 Å². The third-order valence-electron chi connectivity index (χ3n) is 2.17. The van der Waals surface area contributed by atoms with Crippen molar-refractivity contribution in [3.8, 4) is 0 Å². The number of carbonyl (C=O) groups excluding carboxylic acids is 1. The van der Waals surface area contributed by atoms with Crippen molar-refractivity contribution >= 4 is 11.7 Å². The molecule has 0 saturated heterocycles. The highest BCUT2D eigenvalue weighted by atomic mass is 19.1. The lowest BCUT2D eigenvalue weighted by atomic mass is 10.2. The van der Waals surface area contributed by atoms with E-state index in [0.29, 0.717) is 5.82 Å². The molecule has 2 aromatic heterocycles. The number of amides is 1. The van der Waals surface area contributed by atoms with Crippen LogP contribution >= 0.6 is 0 Å². The molecule has 3 N–H and O–H groups in total. The maximum absolute atomic E-state index is 13.8. The van der Waals surface area contributed by atoms with Crippen molar-refractivity contribution in [2.45, 2.75) is 6.54 Å². The molecule has 2 rings (SSSR count). The first kappa shape index (κ1) is 11.9. The highest BCUT2D eigenvalue weighted by molar-refractivity contribution is 5.95. The largest absolute Gasteiger partial charge is 0.371 e. The molecule has 9 heteroatoms. The fraction of sp³-hybridized carbons (Fsp3) is 0.222. The number of aromatic nitrogens is 5. The van der Waals surface area contributed by atoms with E-state index < -0.39 is 11.7 Å². The van der Waals surface area contributed by atoms with Gasteiger partial charge in [0.1, 0.15) is 0 Å². The van der Waals surface area contributed by atoms with Gasteiger partial charge >= 0.3 is 0 Å². The van der Waals surface area contributed by atoms with Crippen LogP contribution in [0.15, 0.2) is 12.3 Å². The maximum Gasteiger partial charge on any atom is 0.254 e. The van der Waals surface area contributed by atoms with Gasteiger partial charge in [0.25, 0.3) is 5.91 Å². The number of nitrogens with one attached hydrogen (secondary N) is 3. The number of hydrogen-bond donors (Lipinski definition) is 3. The molecule has 0 fully saturated rings. The summed E-state index contributed by atoms with van der Waals surface area (Å²) in [6.45, 7) is 0.0615. The van der Waals surface area contributed by atoms with Crippen molar-refractivity contribution in [3.05, 3.63) is 29.5 Å². The Balaban J connectivity index is 2.09. The zero-order valence-corrected chi connectivity index (χ0v) is 9.44. The lowest BCUT2D eigenvalue weighted by Gasteiger charge is -2.06. The summed E-state index contributed by atoms with van der Waals surface area (Å²) in [5.74, 6) is -0.948. The molecule has 8 nitrogen and oxygen atoms in total. The van der Waals surface area contributed by atoms with E-state index in [2.05, 4.69) is 36.2 Å². The van der Waals surface area contributed by atoms with E-state index in [1.165, 1.54) is 19.3 Å². The van der Waals surface area contributed by atoms with E-state index in [0.717, 1.165) is 0 Å². The van der Waals surface area contributed by atoms with Gasteiger partial charge in [0.15, 0.2) is 17.5 Å². The Bertz CT molecular complexity index is 542. The first-order valence-electron chi connectivity index (χ1n) is 5.05. The van der Waals surface area contributed by atoms with E-state index in [4.69, 9.17) is 0 Å². The molecule has 0 radical (unpaired) electrons. The monoisotopic (exact) mass is 251 g/mol. The lowest BCUT2D eigenvalue weighted by Crippen LogP contribution is -2.25. The minimum absolute atomic E-state index is 0.0159. The number of H-pyrrole nitrogens is 1. The number of hydrogen-bond acceptors (Lipinski definition) is 6. The van der Waals surface area contributed by atoms with Crippen LogP contribution in [-0.2, 0) is 6.54 Å². The molecule has 0 aliphatic heterocycles. The quantitative estimate of drug-likeness (QED) is 0.688. The summed E-state index contributed by atoms with van der Waals surface area (Å²) >= 11 is 0. The van der Waals surface area contributed by atoms with Crippen LogP contribution in [-0.4, -0.2) is 38.6 Å². The molecule has 94 valence electrons. The molecule has 0 saturated carbocycles. The average molecular weight is 251 g/mol. The molecule has 0 aromatic carbocycles. The van der Waals surface area contributed by atoms with Gasteiger partial charge in [0.05, 0.1) is 12.1 Å². The van der Waals surface area contributed by atoms with Crippen LogP contribution in [0.5, 0.6) is 0 Å². The smallest absolute Gasteiger partial charge is 0.254 e. The normalized spacial score (nSPS) is 10.1. The third-order valence-corrected chi connectivity index (χ3v) is 2.17. The number of anilines is 1. The molecule has 1 amide bonds. The van der Waals surface area contributed by atoms with Crippen LogP contribution in [0.4, 0.5) is 10.2 Å². The maximum atomic E-state index is 13.8. The van der Waals surface area contributed by atoms with Gasteiger partial charge in [-0.3, -0.25) is 4.79 Å². The first-order chi connectivity index (χ1) is 8.72. The zero-order chi connectivity index (χ0) is 13.0. The first-order valence-corrected chi connectivity index (χ1v) is 5.05. The molecule has 18 heavy (non-hydrogen) atoms. The minimum atomic E-state index is -0.703. The van der Waals surface area contributed by atoms with Crippen molar-refractivity contribution in [2.24, 2.45) is 0 Å². The molecular formula is C9H10FN7O. The average Bonchev–Trinajstić information content (AvgIpc) is 2.89. The molecule has 0 atom stereocenters. The molecular weight excluding hydrogens is 241 g/mol. The standard InChI is InChI=1S/C9H10FN7O/c1-11-8-7(10)5(2-3-12-8)9(18)13-4-6-14-16-17-15-6/h2-3H,4H2,1H3,(H,11,12)(H,13,18)(H,14,15,16,17). The minimum Gasteiger partial charge on any atom is -0.371 e. The summed E-state index contributed by atoms with van der Waals surface area (Å²) in [6, 6.07) is 1.29. The highest BCUT2D eigenvalue weighted by Crippen LogP contribution is 2.14. The second-order valence-electron chi connectivity index (χ2n) is 3.28. The Hall–Kier alpha value is -2.58. The number of nitrogens with zero attached hydrogens (tertiary/aromatic N) is 4. The summed E-state index contributed by atoms with van der Waals surface area (Å²) in [7, 11) is 1.52. The van der Waals surface area contributed by atoms with Gasteiger partial charge < -0.3 is 10.6 Å². The summed E-state index contributed by atoms with van der Waals surface area (Å²) in [5, 5.41) is 17.9. The Kier molecular flexibility index (Phi) is 3.41. The molecule has 0 unspecified atom stereocenters. The van der Waals surface area contributed by atoms with Crippen LogP contribution in [0, 0.1) is 5.82 Å². The topological polar surface area (TPSA) is 108 Å². The number of pyridine rings is 1. The molecule has 0 aliphatic rings. The van der Waals surface area contributed by atoms with Crippen molar-refractivity contribution in [1.29, 1.82) is 0 Å². The lowest BCUT2D eigenvalue weighted by molar-refractivity contribution is 0.0946. The third kappa shape index (κ3) is 2.39. The molecule has 0 spiro atoms. The molecule has 2 aromatic rings. The number of aromatic amines is 1. The fourth-order valence-corrected chi connectivity index (χ4v) is 1.31. The van der Waals surface area contributed by atoms with Crippen LogP contribution in [0.25, 0.3) is 0 Å². The van der Waals surface area contributed by atoms with Gasteiger partial charge in [-0.1, -0.05) is 5.21 Å². The number of tetrazole rings is 1. The summed E-state index contributed by atoms with van der Waals surface area (Å²) in [4.78, 5) is 15.5. The Morgan fingerprint density at radius 1 is 1.56 bits per heavy atom. The van der Waals surface area contributed by atoms with Crippen LogP contribution in [0.1, 0.15) is 16.2 Å². The van der Waals surface area contributed by atoms with Gasteiger partial charge in [-0.15, -0.1) is 10.2 Å². The van der Waals surface area contributed by atoms with E-state index in [9.17, 15) is 9.18 Å². The Labute approximate surface area is 101 Å². The van der Waals surface area contributed by atoms with Crippen molar-refractivity contribution in [2.75, 3.05) is 12.4 Å². The SMILES string of the molecule is CNc1nccc(C(=O)NCc2nn[nH]n2)c1F. The van der Waals surface area contributed by atoms with E-state index in [1.807, 2.05) is 0 Å². The van der Waals surface area contributed by atoms with Crippen molar-refractivity contribution in [1.82, 2.24) is 30.9 Å². The summed E-state index contributed by atoms with van der Waals surface area (Å²) in [6.07, 6.45) is 1.35. The van der Waals surface area contributed by atoms with Gasteiger partial charge in [-0.25, -0.2) is 9.37 Å². The number of carbonyl (C=O) groups is 1. The molecule has 0 bridgehead atoms. The Morgan fingerprint density at radius 3 is 3.06 bits per heavy atom. The predicted molar refractivity (Wildman–Crippen MR) is 59.1 cm³/mol. The van der Waals surface area contributed by atoms with Crippen molar-refractivity contribution < 1.29 is 9.18 Å². The van der Waals surface area contributed by atoms with E-state index >= 15 is 0 Å². The predicted octanol–water partition coefficient (Wildman–Crippen LogP) is -0.295. The van der Waals surface area contributed by atoms with Gasteiger partial charge in [0.2, 0.25) is 0 Å². The number of rotatable bonds is 4. The van der Waals surface area contributed by atoms with Gasteiger partial charge in [0, 0.05) is 13.2 Å². The van der Waals surface area contributed by atoms with E-state index in [1.54, 1.807) is 0 Å². The zero-order valence-electron chi connectivity index (χ0n) is 9.44. The van der Waals surface area contributed by atoms with Crippen molar-refractivity contribution in [3.63, 3.8) is 0 Å². The summed E-state index contributed by atoms with van der Waals surface area (Å²) < 4.78 is 13.8. The van der Waals surface area contributed by atoms with Gasteiger partial charge in [-0.05, 0) is 6.07 Å². The second kappa shape index (κ2) is 5.17.